The van der Waals surface area contributed by atoms with Crippen LogP contribution in [0.4, 0.5) is 26.2 Å². The normalized spacial score (nSPS) is 15.7. The Balaban J connectivity index is 1.26. The lowest BCUT2D eigenvalue weighted by Crippen LogP contribution is -2.50. The van der Waals surface area contributed by atoms with E-state index in [9.17, 15) is 18.8 Å². The molecule has 1 aliphatic heterocycles. The van der Waals surface area contributed by atoms with E-state index in [1.54, 1.807) is 21.9 Å². The quantitative estimate of drug-likeness (QED) is 0.631. The summed E-state index contributed by atoms with van der Waals surface area (Å²) in [4.78, 5) is 42.9. The molecule has 186 valence electrons. The molecule has 8 nitrogen and oxygen atoms in total. The molecule has 0 atom stereocenters. The number of rotatable bonds is 7. The molecule has 0 unspecified atom stereocenters. The molecule has 0 radical (unpaired) electrons. The highest BCUT2D eigenvalue weighted by Crippen LogP contribution is 2.31. The van der Waals surface area contributed by atoms with E-state index in [1.165, 1.54) is 12.1 Å². The van der Waals surface area contributed by atoms with Crippen LogP contribution in [0.15, 0.2) is 48.5 Å². The smallest absolute Gasteiger partial charge is 0.322 e. The maximum Gasteiger partial charge on any atom is 0.322 e. The van der Waals surface area contributed by atoms with Crippen molar-refractivity contribution in [1.82, 2.24) is 9.80 Å². The molecule has 2 fully saturated rings. The summed E-state index contributed by atoms with van der Waals surface area (Å²) in [5.41, 5.74) is 1.83. The zero-order chi connectivity index (χ0) is 24.9. The second-order valence-corrected chi connectivity index (χ2v) is 9.31. The third-order valence-electron chi connectivity index (χ3n) is 6.35. The second-order valence-electron chi connectivity index (χ2n) is 9.31. The van der Waals surface area contributed by atoms with Crippen molar-refractivity contribution in [2.45, 2.75) is 32.7 Å². The van der Waals surface area contributed by atoms with Crippen molar-refractivity contribution in [2.75, 3.05) is 48.3 Å². The van der Waals surface area contributed by atoms with Gasteiger partial charge < -0.3 is 25.3 Å². The summed E-state index contributed by atoms with van der Waals surface area (Å²) in [5.74, 6) is -0.532. The number of carbonyl (C=O) groups excluding carboxylic acids is 3. The third-order valence-corrected chi connectivity index (χ3v) is 6.35. The molecule has 0 bridgehead atoms. The van der Waals surface area contributed by atoms with E-state index in [-0.39, 0.29) is 42.0 Å². The Morgan fingerprint density at radius 2 is 1.63 bits per heavy atom. The van der Waals surface area contributed by atoms with Gasteiger partial charge in [-0.3, -0.25) is 9.59 Å². The average molecular weight is 482 g/mol. The molecule has 2 aromatic rings. The highest BCUT2D eigenvalue weighted by Gasteiger charge is 2.35. The summed E-state index contributed by atoms with van der Waals surface area (Å²) in [6, 6.07) is 13.3. The van der Waals surface area contributed by atoms with E-state index in [1.807, 2.05) is 38.1 Å². The summed E-state index contributed by atoms with van der Waals surface area (Å²) in [6.45, 7) is 6.20. The van der Waals surface area contributed by atoms with Gasteiger partial charge in [-0.25, -0.2) is 9.18 Å². The fourth-order valence-corrected chi connectivity index (χ4v) is 4.12. The predicted octanol–water partition coefficient (Wildman–Crippen LogP) is 3.77. The maximum atomic E-state index is 13.8. The number of nitrogens with one attached hydrogen (secondary N) is 2. The van der Waals surface area contributed by atoms with Crippen molar-refractivity contribution in [3.63, 3.8) is 0 Å². The maximum absolute atomic E-state index is 13.8. The first-order valence-corrected chi connectivity index (χ1v) is 12.1. The molecule has 2 aromatic carbocycles. The van der Waals surface area contributed by atoms with Gasteiger partial charge in [0.1, 0.15) is 12.4 Å². The molecule has 1 saturated heterocycles. The van der Waals surface area contributed by atoms with Crippen molar-refractivity contribution in [2.24, 2.45) is 5.92 Å². The van der Waals surface area contributed by atoms with Gasteiger partial charge in [-0.05, 0) is 63.1 Å². The Hall–Kier alpha value is -3.62. The molecule has 0 aromatic heterocycles. The fraction of sp³-hybridized carbons (Fsp3) is 0.423. The molecule has 4 rings (SSSR count). The van der Waals surface area contributed by atoms with Crippen LogP contribution in [0.2, 0.25) is 0 Å². The highest BCUT2D eigenvalue weighted by molar-refractivity contribution is 5.95. The van der Waals surface area contributed by atoms with E-state index >= 15 is 0 Å². The first kappa shape index (κ1) is 24.5. The summed E-state index contributed by atoms with van der Waals surface area (Å²) >= 11 is 0. The SMILES string of the molecule is CC(C)N(CC(=O)Nc1ccc(N2CCN(C(=O)Nc3ccccc3F)CC2)cc1)C(=O)C1CC1. The second kappa shape index (κ2) is 10.8. The number of hydrogen-bond acceptors (Lipinski definition) is 4. The number of amides is 4. The van der Waals surface area contributed by atoms with Crippen LogP contribution in [0.5, 0.6) is 0 Å². The van der Waals surface area contributed by atoms with Crippen LogP contribution < -0.4 is 15.5 Å². The third kappa shape index (κ3) is 6.29. The minimum absolute atomic E-state index is 0.0244. The minimum atomic E-state index is -0.460. The molecule has 4 amide bonds. The summed E-state index contributed by atoms with van der Waals surface area (Å²) in [6.07, 6.45) is 1.82. The minimum Gasteiger partial charge on any atom is -0.368 e. The number of hydrogen-bond donors (Lipinski definition) is 2. The Kier molecular flexibility index (Phi) is 7.53. The molecule has 2 aliphatic rings. The lowest BCUT2D eigenvalue weighted by molar-refractivity contribution is -0.137. The fourth-order valence-electron chi connectivity index (χ4n) is 4.12. The van der Waals surface area contributed by atoms with Crippen molar-refractivity contribution < 1.29 is 18.8 Å². The van der Waals surface area contributed by atoms with Gasteiger partial charge >= 0.3 is 6.03 Å². The van der Waals surface area contributed by atoms with E-state index in [0.717, 1.165) is 18.5 Å². The number of para-hydroxylation sites is 1. The van der Waals surface area contributed by atoms with Crippen molar-refractivity contribution in [3.05, 3.63) is 54.3 Å². The zero-order valence-electron chi connectivity index (χ0n) is 20.2. The van der Waals surface area contributed by atoms with Crippen LogP contribution in [0.25, 0.3) is 0 Å². The summed E-state index contributed by atoms with van der Waals surface area (Å²) in [5, 5.41) is 5.50. The Labute approximate surface area is 205 Å². The van der Waals surface area contributed by atoms with Gasteiger partial charge in [-0.2, -0.15) is 0 Å². The van der Waals surface area contributed by atoms with Crippen LogP contribution in [0, 0.1) is 11.7 Å². The Morgan fingerprint density at radius 3 is 2.23 bits per heavy atom. The molecule has 1 heterocycles. The van der Waals surface area contributed by atoms with Crippen LogP contribution in [-0.2, 0) is 9.59 Å². The lowest BCUT2D eigenvalue weighted by Gasteiger charge is -2.36. The lowest BCUT2D eigenvalue weighted by atomic mass is 10.2. The first-order valence-electron chi connectivity index (χ1n) is 12.1. The van der Waals surface area contributed by atoms with Gasteiger partial charge in [0.25, 0.3) is 0 Å². The molecule has 9 heteroatoms. The van der Waals surface area contributed by atoms with E-state index < -0.39 is 5.82 Å². The van der Waals surface area contributed by atoms with Crippen LogP contribution >= 0.6 is 0 Å². The molecular formula is C26H32FN5O3. The number of urea groups is 1. The number of nitrogens with zero attached hydrogens (tertiary/aromatic N) is 3. The largest absolute Gasteiger partial charge is 0.368 e. The van der Waals surface area contributed by atoms with Crippen LogP contribution in [0.1, 0.15) is 26.7 Å². The number of carbonyl (C=O) groups is 3. The van der Waals surface area contributed by atoms with Gasteiger partial charge in [-0.15, -0.1) is 0 Å². The first-order chi connectivity index (χ1) is 16.8. The topological polar surface area (TPSA) is 85.0 Å². The monoisotopic (exact) mass is 481 g/mol. The van der Waals surface area contributed by atoms with Gasteiger partial charge in [0, 0.05) is 49.5 Å². The molecule has 2 N–H and O–H groups in total. The van der Waals surface area contributed by atoms with Crippen molar-refractivity contribution >= 4 is 34.9 Å². The molecule has 1 aliphatic carbocycles. The van der Waals surface area contributed by atoms with Crippen LogP contribution in [-0.4, -0.2) is 66.4 Å². The number of anilines is 3. The predicted molar refractivity (Wildman–Crippen MR) is 134 cm³/mol. The standard InChI is InChI=1S/C26H32FN5O3/c1-18(2)32(25(34)19-7-8-19)17-24(33)28-20-9-11-21(12-10-20)30-13-15-31(16-14-30)26(35)29-23-6-4-3-5-22(23)27/h3-6,9-12,18-19H,7-8,13-17H2,1-2H3,(H,28,33)(H,29,35). The zero-order valence-corrected chi connectivity index (χ0v) is 20.2. The Bertz CT molecular complexity index is 1060. The van der Waals surface area contributed by atoms with Gasteiger partial charge in [0.05, 0.1) is 5.69 Å². The molecule has 35 heavy (non-hydrogen) atoms. The molecular weight excluding hydrogens is 449 g/mol. The van der Waals surface area contributed by atoms with E-state index in [0.29, 0.717) is 31.9 Å². The van der Waals surface area contributed by atoms with Gasteiger partial charge in [0.15, 0.2) is 0 Å². The van der Waals surface area contributed by atoms with Gasteiger partial charge in [0.2, 0.25) is 11.8 Å². The van der Waals surface area contributed by atoms with Gasteiger partial charge in [-0.1, -0.05) is 12.1 Å². The number of benzene rings is 2. The number of halogens is 1. The van der Waals surface area contributed by atoms with E-state index in [2.05, 4.69) is 15.5 Å². The van der Waals surface area contributed by atoms with E-state index in [4.69, 9.17) is 0 Å². The van der Waals surface area contributed by atoms with Crippen LogP contribution in [0.3, 0.4) is 0 Å². The highest BCUT2D eigenvalue weighted by atomic mass is 19.1. The van der Waals surface area contributed by atoms with Crippen molar-refractivity contribution in [3.8, 4) is 0 Å². The van der Waals surface area contributed by atoms with Crippen molar-refractivity contribution in [1.29, 1.82) is 0 Å². The molecule has 1 saturated carbocycles. The average Bonchev–Trinajstić information content (AvgIpc) is 3.70. The summed E-state index contributed by atoms with van der Waals surface area (Å²) < 4.78 is 13.8. The Morgan fingerprint density at radius 1 is 0.971 bits per heavy atom. The summed E-state index contributed by atoms with van der Waals surface area (Å²) in [7, 11) is 0. The number of piperazine rings is 1. The molecule has 0 spiro atoms.